The molecule has 2 nitrogen and oxygen atoms in total. The Bertz CT molecular complexity index is 2890. The molecule has 0 saturated heterocycles. The summed E-state index contributed by atoms with van der Waals surface area (Å²) < 4.78 is 6.50. The number of rotatable bonds is 6. The normalized spacial score (nSPS) is 11.5. The maximum absolute atomic E-state index is 6.50. The molecular formula is C50H33NO. The highest BCUT2D eigenvalue weighted by molar-refractivity contribution is 6.14. The van der Waals surface area contributed by atoms with Gasteiger partial charge in [-0.05, 0) is 98.1 Å². The van der Waals surface area contributed by atoms with Crippen LogP contribution in [0.4, 0.5) is 17.1 Å². The van der Waals surface area contributed by atoms with Crippen LogP contribution in [0.3, 0.4) is 0 Å². The van der Waals surface area contributed by atoms with E-state index in [9.17, 15) is 0 Å². The van der Waals surface area contributed by atoms with Gasteiger partial charge in [0.1, 0.15) is 11.2 Å². The van der Waals surface area contributed by atoms with E-state index in [0.29, 0.717) is 0 Å². The van der Waals surface area contributed by atoms with Crippen molar-refractivity contribution >= 4 is 60.5 Å². The van der Waals surface area contributed by atoms with E-state index >= 15 is 0 Å². The first-order valence-electron chi connectivity index (χ1n) is 17.8. The molecule has 244 valence electrons. The van der Waals surface area contributed by atoms with Crippen LogP contribution in [0.15, 0.2) is 205 Å². The van der Waals surface area contributed by atoms with E-state index in [2.05, 4.69) is 205 Å². The van der Waals surface area contributed by atoms with Crippen molar-refractivity contribution < 1.29 is 4.42 Å². The van der Waals surface area contributed by atoms with Crippen LogP contribution in [0.1, 0.15) is 0 Å². The predicted molar refractivity (Wildman–Crippen MR) is 220 cm³/mol. The fourth-order valence-electron chi connectivity index (χ4n) is 7.76. The number of furan rings is 1. The van der Waals surface area contributed by atoms with Crippen molar-refractivity contribution in [1.82, 2.24) is 0 Å². The summed E-state index contributed by atoms with van der Waals surface area (Å²) in [4.78, 5) is 2.38. The lowest BCUT2D eigenvalue weighted by Crippen LogP contribution is -2.10. The molecule has 0 saturated carbocycles. The van der Waals surface area contributed by atoms with Gasteiger partial charge in [-0.1, -0.05) is 152 Å². The average molecular weight is 664 g/mol. The largest absolute Gasteiger partial charge is 0.456 e. The third kappa shape index (κ3) is 5.12. The van der Waals surface area contributed by atoms with Gasteiger partial charge in [-0.2, -0.15) is 0 Å². The van der Waals surface area contributed by atoms with Crippen LogP contribution in [0.5, 0.6) is 0 Å². The van der Waals surface area contributed by atoms with Gasteiger partial charge in [0.2, 0.25) is 0 Å². The number of fused-ring (bicyclic) bond motifs is 5. The lowest BCUT2D eigenvalue weighted by Gasteiger charge is -2.27. The van der Waals surface area contributed by atoms with E-state index in [-0.39, 0.29) is 0 Å². The molecule has 1 heterocycles. The van der Waals surface area contributed by atoms with Gasteiger partial charge in [0.15, 0.2) is 0 Å². The van der Waals surface area contributed by atoms with Crippen LogP contribution < -0.4 is 4.90 Å². The predicted octanol–water partition coefficient (Wildman–Crippen LogP) is 14.4. The van der Waals surface area contributed by atoms with Crippen molar-refractivity contribution in [2.24, 2.45) is 0 Å². The lowest BCUT2D eigenvalue weighted by molar-refractivity contribution is 0.669. The fourth-order valence-corrected chi connectivity index (χ4v) is 7.76. The van der Waals surface area contributed by atoms with Gasteiger partial charge in [-0.3, -0.25) is 0 Å². The summed E-state index contributed by atoms with van der Waals surface area (Å²) in [6.07, 6.45) is 0. The summed E-state index contributed by atoms with van der Waals surface area (Å²) in [5, 5.41) is 7.10. The summed E-state index contributed by atoms with van der Waals surface area (Å²) in [7, 11) is 0. The molecule has 1 aromatic heterocycles. The molecule has 52 heavy (non-hydrogen) atoms. The molecule has 9 aromatic carbocycles. The molecule has 0 radical (unpaired) electrons. The number of para-hydroxylation sites is 1. The number of hydrogen-bond donors (Lipinski definition) is 0. The minimum atomic E-state index is 0.872. The molecule has 10 rings (SSSR count). The summed E-state index contributed by atoms with van der Waals surface area (Å²) >= 11 is 0. The molecule has 0 fully saturated rings. The van der Waals surface area contributed by atoms with E-state index in [0.717, 1.165) is 50.1 Å². The van der Waals surface area contributed by atoms with Crippen LogP contribution >= 0.6 is 0 Å². The highest BCUT2D eigenvalue weighted by atomic mass is 16.3. The van der Waals surface area contributed by atoms with Crippen molar-refractivity contribution in [3.63, 3.8) is 0 Å². The second-order valence-electron chi connectivity index (χ2n) is 13.3. The maximum Gasteiger partial charge on any atom is 0.136 e. The quantitative estimate of drug-likeness (QED) is 0.176. The van der Waals surface area contributed by atoms with Gasteiger partial charge < -0.3 is 9.32 Å². The summed E-state index contributed by atoms with van der Waals surface area (Å²) in [5.41, 5.74) is 12.2. The first kappa shape index (κ1) is 30.0. The van der Waals surface area contributed by atoms with E-state index in [1.165, 1.54) is 43.8 Å². The molecule has 0 aliphatic carbocycles. The molecule has 0 unspecified atom stereocenters. The van der Waals surface area contributed by atoms with Crippen LogP contribution in [-0.4, -0.2) is 0 Å². The number of benzene rings is 9. The van der Waals surface area contributed by atoms with Crippen molar-refractivity contribution in [2.75, 3.05) is 4.90 Å². The van der Waals surface area contributed by atoms with Gasteiger partial charge in [-0.25, -0.2) is 0 Å². The van der Waals surface area contributed by atoms with E-state index in [1.54, 1.807) is 0 Å². The number of hydrogen-bond acceptors (Lipinski definition) is 2. The van der Waals surface area contributed by atoms with Crippen molar-refractivity contribution in [1.29, 1.82) is 0 Å². The number of anilines is 3. The minimum absolute atomic E-state index is 0.872. The molecule has 0 N–H and O–H groups in total. The molecule has 0 bridgehead atoms. The maximum atomic E-state index is 6.50. The summed E-state index contributed by atoms with van der Waals surface area (Å²) in [6, 6.07) is 71.7. The smallest absolute Gasteiger partial charge is 0.136 e. The van der Waals surface area contributed by atoms with Gasteiger partial charge in [0.05, 0.1) is 5.69 Å². The second-order valence-corrected chi connectivity index (χ2v) is 13.3. The summed E-state index contributed by atoms with van der Waals surface area (Å²) in [6.45, 7) is 0. The zero-order valence-corrected chi connectivity index (χ0v) is 28.4. The Labute approximate surface area is 302 Å². The Balaban J connectivity index is 1.14. The first-order valence-corrected chi connectivity index (χ1v) is 17.8. The molecule has 0 atom stereocenters. The molecule has 0 aliphatic heterocycles. The van der Waals surface area contributed by atoms with Crippen LogP contribution in [-0.2, 0) is 0 Å². The zero-order valence-electron chi connectivity index (χ0n) is 28.4. The molecule has 10 aromatic rings. The van der Waals surface area contributed by atoms with Crippen molar-refractivity contribution in [2.45, 2.75) is 0 Å². The molecular weight excluding hydrogens is 631 g/mol. The van der Waals surface area contributed by atoms with Crippen LogP contribution in [0, 0.1) is 0 Å². The van der Waals surface area contributed by atoms with Crippen LogP contribution in [0.2, 0.25) is 0 Å². The fraction of sp³-hybridized carbons (Fsp3) is 0. The minimum Gasteiger partial charge on any atom is -0.456 e. The molecule has 0 spiro atoms. The van der Waals surface area contributed by atoms with Crippen molar-refractivity contribution in [3.8, 4) is 33.4 Å². The van der Waals surface area contributed by atoms with Crippen molar-refractivity contribution in [3.05, 3.63) is 200 Å². The summed E-state index contributed by atoms with van der Waals surface area (Å²) in [5.74, 6) is 0. The Morgan fingerprint density at radius 1 is 0.327 bits per heavy atom. The van der Waals surface area contributed by atoms with Gasteiger partial charge >= 0.3 is 0 Å². The zero-order chi connectivity index (χ0) is 34.4. The first-order chi connectivity index (χ1) is 25.8. The SMILES string of the molecule is c1ccc(-c2ccc(-c3cccc4oc5ccc(N(c6ccccc6)c6ccc(-c7ccc8ccccc8c7)c7ccccc67)cc5c34)cc2)cc1. The molecule has 0 amide bonds. The van der Waals surface area contributed by atoms with E-state index in [1.807, 2.05) is 0 Å². The third-order valence-electron chi connectivity index (χ3n) is 10.3. The standard InChI is InChI=1S/C50H33NO/c1-3-12-34(13-4-1)36-22-25-37(26-23-36)43-20-11-21-49-50(43)46-33-41(28-31-48(46)52-49)51(40-16-5-2-6-17-40)47-30-29-42(44-18-9-10-19-45(44)47)39-27-24-35-14-7-8-15-38(35)32-39/h1-33H. The Hall–Kier alpha value is -6.90. The van der Waals surface area contributed by atoms with Gasteiger partial charge in [0.25, 0.3) is 0 Å². The third-order valence-corrected chi connectivity index (χ3v) is 10.3. The van der Waals surface area contributed by atoms with E-state index < -0.39 is 0 Å². The Kier molecular flexibility index (Phi) is 7.18. The Morgan fingerprint density at radius 3 is 1.83 bits per heavy atom. The molecule has 0 aliphatic rings. The van der Waals surface area contributed by atoms with Gasteiger partial charge in [-0.15, -0.1) is 0 Å². The van der Waals surface area contributed by atoms with Crippen LogP contribution in [0.25, 0.3) is 76.9 Å². The second kappa shape index (κ2) is 12.5. The lowest BCUT2D eigenvalue weighted by atomic mass is 9.94. The van der Waals surface area contributed by atoms with E-state index in [4.69, 9.17) is 4.42 Å². The average Bonchev–Trinajstić information content (AvgIpc) is 3.60. The molecule has 2 heteroatoms. The monoisotopic (exact) mass is 663 g/mol. The highest BCUT2D eigenvalue weighted by Crippen LogP contribution is 2.45. The highest BCUT2D eigenvalue weighted by Gasteiger charge is 2.20. The Morgan fingerprint density at radius 2 is 1.00 bits per heavy atom. The topological polar surface area (TPSA) is 16.4 Å². The van der Waals surface area contributed by atoms with Gasteiger partial charge in [0, 0.05) is 27.5 Å². The number of nitrogens with zero attached hydrogens (tertiary/aromatic N) is 1.